The molecule has 8 nitrogen and oxygen atoms in total. The Bertz CT molecular complexity index is 820. The molecular weight excluding hydrogens is 406 g/mol. The molecule has 0 aromatic carbocycles. The van der Waals surface area contributed by atoms with Gasteiger partial charge in [0, 0.05) is 39.2 Å². The number of nitrogens with zero attached hydrogens (tertiary/aromatic N) is 5. The molecule has 8 heteroatoms. The standard InChI is InChI=1S/C24H39N5O3/c1-24(2,3)32-18-13-20(22(30)27(4)5)28(14-18)23(31)21(17-9-7-6-8-10-17)29-15-19(25-26-29)16-11-12-16/h15-18,20-21H,6-14H2,1-5H3/t18-,20+,21+/m1/s1. The molecule has 32 heavy (non-hydrogen) atoms. The lowest BCUT2D eigenvalue weighted by atomic mass is 9.83. The monoisotopic (exact) mass is 445 g/mol. The lowest BCUT2D eigenvalue weighted by molar-refractivity contribution is -0.146. The number of amides is 2. The Kier molecular flexibility index (Phi) is 6.61. The van der Waals surface area contributed by atoms with Crippen LogP contribution in [-0.2, 0) is 14.3 Å². The van der Waals surface area contributed by atoms with Gasteiger partial charge in [-0.1, -0.05) is 24.5 Å². The Balaban J connectivity index is 1.62. The van der Waals surface area contributed by atoms with E-state index in [1.807, 2.05) is 27.0 Å². The minimum atomic E-state index is -0.498. The average molecular weight is 446 g/mol. The first kappa shape index (κ1) is 23.2. The molecule has 1 saturated heterocycles. The van der Waals surface area contributed by atoms with E-state index in [1.54, 1.807) is 28.6 Å². The third kappa shape index (κ3) is 5.16. The lowest BCUT2D eigenvalue weighted by Crippen LogP contribution is -2.49. The van der Waals surface area contributed by atoms with Crippen molar-refractivity contribution in [2.24, 2.45) is 5.92 Å². The number of rotatable bonds is 6. The highest BCUT2D eigenvalue weighted by Crippen LogP contribution is 2.40. The Labute approximate surface area is 191 Å². The summed E-state index contributed by atoms with van der Waals surface area (Å²) < 4.78 is 8.02. The van der Waals surface area contributed by atoms with Crippen molar-refractivity contribution in [1.82, 2.24) is 24.8 Å². The van der Waals surface area contributed by atoms with Gasteiger partial charge in [-0.05, 0) is 52.4 Å². The molecule has 0 spiro atoms. The van der Waals surface area contributed by atoms with Crippen LogP contribution in [0.2, 0.25) is 0 Å². The van der Waals surface area contributed by atoms with Crippen LogP contribution in [0.15, 0.2) is 6.20 Å². The molecule has 3 atom stereocenters. The molecule has 0 N–H and O–H groups in total. The Morgan fingerprint density at radius 2 is 1.81 bits per heavy atom. The SMILES string of the molecule is CN(C)C(=O)[C@@H]1C[C@@H](OC(C)(C)C)CN1C(=O)[C@H](C1CCCCC1)n1cc(C2CC2)nn1. The summed E-state index contributed by atoms with van der Waals surface area (Å²) in [6.45, 7) is 6.48. The molecule has 2 amide bonds. The van der Waals surface area contributed by atoms with Crippen LogP contribution in [0, 0.1) is 5.92 Å². The van der Waals surface area contributed by atoms with Gasteiger partial charge in [-0.15, -0.1) is 5.10 Å². The summed E-state index contributed by atoms with van der Waals surface area (Å²) in [6.07, 6.45) is 10.2. The fraction of sp³-hybridized carbons (Fsp3) is 0.833. The quantitative estimate of drug-likeness (QED) is 0.672. The van der Waals surface area contributed by atoms with Gasteiger partial charge >= 0.3 is 0 Å². The van der Waals surface area contributed by atoms with Crippen molar-refractivity contribution >= 4 is 11.8 Å². The van der Waals surface area contributed by atoms with Gasteiger partial charge in [0.2, 0.25) is 11.8 Å². The summed E-state index contributed by atoms with van der Waals surface area (Å²) in [5.41, 5.74) is 0.665. The molecule has 3 fully saturated rings. The predicted octanol–water partition coefficient (Wildman–Crippen LogP) is 3.15. The van der Waals surface area contributed by atoms with Crippen molar-refractivity contribution in [3.8, 4) is 0 Å². The van der Waals surface area contributed by atoms with Crippen LogP contribution in [0.5, 0.6) is 0 Å². The Hall–Kier alpha value is -1.96. The second-order valence-electron chi connectivity index (χ2n) is 11.1. The molecule has 0 bridgehead atoms. The number of carbonyl (C=O) groups excluding carboxylic acids is 2. The van der Waals surface area contributed by atoms with Crippen molar-refractivity contribution in [1.29, 1.82) is 0 Å². The van der Waals surface area contributed by atoms with Gasteiger partial charge in [0.25, 0.3) is 0 Å². The first-order chi connectivity index (χ1) is 15.1. The number of likely N-dealkylation sites (N-methyl/N-ethyl adjacent to an activating group) is 1. The molecule has 1 aliphatic heterocycles. The number of carbonyl (C=O) groups is 2. The van der Waals surface area contributed by atoms with Crippen LogP contribution in [0.4, 0.5) is 0 Å². The van der Waals surface area contributed by atoms with E-state index in [0.29, 0.717) is 18.9 Å². The van der Waals surface area contributed by atoms with Crippen LogP contribution in [0.3, 0.4) is 0 Å². The molecule has 2 saturated carbocycles. The number of aromatic nitrogens is 3. The molecule has 2 heterocycles. The summed E-state index contributed by atoms with van der Waals surface area (Å²) in [6, 6.07) is -0.900. The minimum Gasteiger partial charge on any atom is -0.371 e. The Morgan fingerprint density at radius 1 is 1.12 bits per heavy atom. The van der Waals surface area contributed by atoms with Gasteiger partial charge in [0.1, 0.15) is 12.1 Å². The molecule has 3 aliphatic rings. The minimum absolute atomic E-state index is 0.00986. The lowest BCUT2D eigenvalue weighted by Gasteiger charge is -2.34. The third-order valence-electron chi connectivity index (χ3n) is 6.95. The smallest absolute Gasteiger partial charge is 0.248 e. The highest BCUT2D eigenvalue weighted by atomic mass is 16.5. The molecule has 0 radical (unpaired) electrons. The average Bonchev–Trinajstić information content (AvgIpc) is 3.33. The number of likely N-dealkylation sites (tertiary alicyclic amines) is 1. The van der Waals surface area contributed by atoms with Gasteiger partial charge in [0.05, 0.1) is 17.4 Å². The van der Waals surface area contributed by atoms with Crippen LogP contribution in [0.25, 0.3) is 0 Å². The van der Waals surface area contributed by atoms with Gasteiger partial charge in [-0.3, -0.25) is 9.59 Å². The van der Waals surface area contributed by atoms with E-state index in [2.05, 4.69) is 10.3 Å². The number of hydrogen-bond donors (Lipinski definition) is 0. The molecule has 2 aliphatic carbocycles. The zero-order valence-electron chi connectivity index (χ0n) is 20.3. The highest BCUT2D eigenvalue weighted by molar-refractivity contribution is 5.90. The van der Waals surface area contributed by atoms with Crippen molar-refractivity contribution in [2.45, 2.75) is 102 Å². The first-order valence-electron chi connectivity index (χ1n) is 12.2. The normalized spacial score (nSPS) is 25.7. The Morgan fingerprint density at radius 3 is 2.41 bits per heavy atom. The van der Waals surface area contributed by atoms with Crippen molar-refractivity contribution < 1.29 is 14.3 Å². The molecule has 1 aromatic rings. The molecular formula is C24H39N5O3. The zero-order chi connectivity index (χ0) is 23.0. The largest absolute Gasteiger partial charge is 0.371 e. The topological polar surface area (TPSA) is 80.6 Å². The summed E-state index contributed by atoms with van der Waals surface area (Å²) in [4.78, 5) is 30.5. The maximum absolute atomic E-state index is 14.1. The van der Waals surface area contributed by atoms with E-state index < -0.39 is 12.1 Å². The summed E-state index contributed by atoms with van der Waals surface area (Å²) in [7, 11) is 3.50. The zero-order valence-corrected chi connectivity index (χ0v) is 20.3. The van der Waals surface area contributed by atoms with E-state index in [0.717, 1.165) is 44.2 Å². The van der Waals surface area contributed by atoms with Crippen LogP contribution < -0.4 is 0 Å². The van der Waals surface area contributed by atoms with E-state index in [1.165, 1.54) is 6.42 Å². The molecule has 0 unspecified atom stereocenters. The summed E-state index contributed by atoms with van der Waals surface area (Å²) in [5, 5.41) is 8.81. The predicted molar refractivity (Wildman–Crippen MR) is 121 cm³/mol. The fourth-order valence-electron chi connectivity index (χ4n) is 5.30. The van der Waals surface area contributed by atoms with E-state index in [-0.39, 0.29) is 29.4 Å². The molecule has 4 rings (SSSR count). The van der Waals surface area contributed by atoms with Crippen molar-refractivity contribution in [2.75, 3.05) is 20.6 Å². The second kappa shape index (κ2) is 9.12. The maximum atomic E-state index is 14.1. The van der Waals surface area contributed by atoms with Gasteiger partial charge < -0.3 is 14.5 Å². The van der Waals surface area contributed by atoms with E-state index in [9.17, 15) is 9.59 Å². The van der Waals surface area contributed by atoms with Crippen molar-refractivity contribution in [3.05, 3.63) is 11.9 Å². The van der Waals surface area contributed by atoms with Gasteiger partial charge in [-0.2, -0.15) is 0 Å². The van der Waals surface area contributed by atoms with Crippen molar-refractivity contribution in [3.63, 3.8) is 0 Å². The maximum Gasteiger partial charge on any atom is 0.248 e. The molecule has 1 aromatic heterocycles. The highest BCUT2D eigenvalue weighted by Gasteiger charge is 2.46. The van der Waals surface area contributed by atoms with Gasteiger partial charge in [0.15, 0.2) is 0 Å². The first-order valence-corrected chi connectivity index (χ1v) is 12.2. The molecule has 178 valence electrons. The number of ether oxygens (including phenoxy) is 1. The van der Waals surface area contributed by atoms with Gasteiger partial charge in [-0.25, -0.2) is 4.68 Å². The van der Waals surface area contributed by atoms with Crippen LogP contribution >= 0.6 is 0 Å². The fourth-order valence-corrected chi connectivity index (χ4v) is 5.30. The summed E-state index contributed by atoms with van der Waals surface area (Å²) in [5.74, 6) is 0.662. The number of hydrogen-bond acceptors (Lipinski definition) is 5. The summed E-state index contributed by atoms with van der Waals surface area (Å²) >= 11 is 0. The third-order valence-corrected chi connectivity index (χ3v) is 6.95. The van der Waals surface area contributed by atoms with E-state index >= 15 is 0 Å². The van der Waals surface area contributed by atoms with Crippen LogP contribution in [-0.4, -0.2) is 75.0 Å². The second-order valence-corrected chi connectivity index (χ2v) is 11.1. The van der Waals surface area contributed by atoms with Crippen LogP contribution in [0.1, 0.15) is 89.8 Å². The van der Waals surface area contributed by atoms with E-state index in [4.69, 9.17) is 4.74 Å².